The van der Waals surface area contributed by atoms with Gasteiger partial charge in [0.05, 0.1) is 14.2 Å². The van der Waals surface area contributed by atoms with Crippen LogP contribution in [-0.2, 0) is 6.54 Å². The van der Waals surface area contributed by atoms with Crippen LogP contribution >= 0.6 is 0 Å². The van der Waals surface area contributed by atoms with Crippen LogP contribution in [0.25, 0.3) is 17.0 Å². The molecule has 0 aliphatic carbocycles. The summed E-state index contributed by atoms with van der Waals surface area (Å²) in [5.41, 5.74) is 1.77. The summed E-state index contributed by atoms with van der Waals surface area (Å²) in [6, 6.07) is 11.6. The molecule has 0 saturated heterocycles. The molecule has 31 heavy (non-hydrogen) atoms. The molecule has 2 aromatic heterocycles. The Bertz CT molecular complexity index is 1250. The number of nitrogens with zero attached hydrogens (tertiary/aromatic N) is 3. The molecule has 0 saturated carbocycles. The second-order valence-corrected chi connectivity index (χ2v) is 6.69. The van der Waals surface area contributed by atoms with Gasteiger partial charge in [0.25, 0.3) is 5.91 Å². The molecular formula is C22H18F2N4O3. The Labute approximate surface area is 176 Å². The lowest BCUT2D eigenvalue weighted by Gasteiger charge is -2.11. The average molecular weight is 424 g/mol. The van der Waals surface area contributed by atoms with Crippen LogP contribution in [0.1, 0.15) is 15.9 Å². The van der Waals surface area contributed by atoms with Crippen molar-refractivity contribution in [3.63, 3.8) is 0 Å². The molecule has 0 unspecified atom stereocenters. The predicted molar refractivity (Wildman–Crippen MR) is 109 cm³/mol. The lowest BCUT2D eigenvalue weighted by molar-refractivity contribution is 0.0950. The molecule has 0 radical (unpaired) electrons. The van der Waals surface area contributed by atoms with E-state index in [0.29, 0.717) is 22.7 Å². The van der Waals surface area contributed by atoms with E-state index in [0.717, 1.165) is 11.6 Å². The number of benzene rings is 2. The van der Waals surface area contributed by atoms with Gasteiger partial charge < -0.3 is 14.8 Å². The largest absolute Gasteiger partial charge is 0.497 e. The van der Waals surface area contributed by atoms with Crippen LogP contribution in [0.2, 0.25) is 0 Å². The molecule has 4 rings (SSSR count). The van der Waals surface area contributed by atoms with Crippen LogP contribution in [0.3, 0.4) is 0 Å². The number of fused-ring (bicyclic) bond motifs is 1. The Hall–Kier alpha value is -4.01. The first-order chi connectivity index (χ1) is 15.0. The maximum absolute atomic E-state index is 13.5. The van der Waals surface area contributed by atoms with Gasteiger partial charge in [-0.2, -0.15) is 0 Å². The summed E-state index contributed by atoms with van der Waals surface area (Å²) >= 11 is 0. The van der Waals surface area contributed by atoms with Crippen molar-refractivity contribution in [2.45, 2.75) is 6.54 Å². The zero-order valence-electron chi connectivity index (χ0n) is 16.7. The topological polar surface area (TPSA) is 77.8 Å². The highest BCUT2D eigenvalue weighted by Gasteiger charge is 2.14. The molecule has 9 heteroatoms. The highest BCUT2D eigenvalue weighted by atomic mass is 19.1. The van der Waals surface area contributed by atoms with Crippen molar-refractivity contribution >= 4 is 11.6 Å². The van der Waals surface area contributed by atoms with Crippen LogP contribution in [0.5, 0.6) is 11.5 Å². The third-order valence-corrected chi connectivity index (χ3v) is 4.73. The van der Waals surface area contributed by atoms with Gasteiger partial charge in [-0.1, -0.05) is 0 Å². The second-order valence-electron chi connectivity index (χ2n) is 6.69. The van der Waals surface area contributed by atoms with Gasteiger partial charge in [-0.05, 0) is 36.4 Å². The van der Waals surface area contributed by atoms with E-state index in [1.165, 1.54) is 12.1 Å². The average Bonchev–Trinajstić information content (AvgIpc) is 3.20. The molecule has 0 fully saturated rings. The van der Waals surface area contributed by atoms with Crippen molar-refractivity contribution in [2.75, 3.05) is 14.2 Å². The number of rotatable bonds is 6. The summed E-state index contributed by atoms with van der Waals surface area (Å²) in [5.74, 6) is -0.226. The van der Waals surface area contributed by atoms with E-state index in [2.05, 4.69) is 15.5 Å². The first-order valence-corrected chi connectivity index (χ1v) is 9.29. The first kappa shape index (κ1) is 20.3. The van der Waals surface area contributed by atoms with Gasteiger partial charge in [0, 0.05) is 41.6 Å². The number of pyridine rings is 1. The fraction of sp³-hybridized carbons (Fsp3) is 0.136. The van der Waals surface area contributed by atoms with E-state index >= 15 is 0 Å². The van der Waals surface area contributed by atoms with Crippen molar-refractivity contribution in [2.24, 2.45) is 0 Å². The Balaban J connectivity index is 1.55. The van der Waals surface area contributed by atoms with Crippen LogP contribution in [-0.4, -0.2) is 34.7 Å². The van der Waals surface area contributed by atoms with Crippen molar-refractivity contribution < 1.29 is 23.0 Å². The van der Waals surface area contributed by atoms with E-state index in [1.54, 1.807) is 49.1 Å². The van der Waals surface area contributed by atoms with E-state index in [4.69, 9.17) is 9.47 Å². The fourth-order valence-electron chi connectivity index (χ4n) is 3.19. The fourth-order valence-corrected chi connectivity index (χ4v) is 3.19. The first-order valence-electron chi connectivity index (χ1n) is 9.29. The summed E-state index contributed by atoms with van der Waals surface area (Å²) in [5, 5.41) is 10.8. The van der Waals surface area contributed by atoms with Gasteiger partial charge in [0.15, 0.2) is 11.5 Å². The smallest absolute Gasteiger partial charge is 0.251 e. The van der Waals surface area contributed by atoms with Crippen LogP contribution < -0.4 is 14.8 Å². The zero-order chi connectivity index (χ0) is 22.0. The van der Waals surface area contributed by atoms with Crippen LogP contribution in [0.4, 0.5) is 8.78 Å². The Morgan fingerprint density at radius 2 is 1.77 bits per heavy atom. The highest BCUT2D eigenvalue weighted by Crippen LogP contribution is 2.25. The SMILES string of the molecule is COc1ccc(CNC(=O)c2ccn3c(-c4cc(F)cc(F)c4)nnc3c2)c(OC)c1. The standard InChI is InChI=1S/C22H18F2N4O3/c1-30-18-4-3-14(19(11-18)31-2)12-25-22(29)13-5-6-28-20(9-13)26-27-21(28)15-7-16(23)10-17(24)8-15/h3-11H,12H2,1-2H3,(H,25,29). The molecule has 4 aromatic rings. The molecule has 1 amide bonds. The monoisotopic (exact) mass is 424 g/mol. The number of carbonyl (C=O) groups is 1. The maximum Gasteiger partial charge on any atom is 0.251 e. The summed E-state index contributed by atoms with van der Waals surface area (Å²) in [7, 11) is 3.11. The van der Waals surface area contributed by atoms with Gasteiger partial charge >= 0.3 is 0 Å². The van der Waals surface area contributed by atoms with Crippen molar-refractivity contribution in [1.82, 2.24) is 19.9 Å². The maximum atomic E-state index is 13.5. The second kappa shape index (κ2) is 8.39. The molecular weight excluding hydrogens is 406 g/mol. The number of ether oxygens (including phenoxy) is 2. The summed E-state index contributed by atoms with van der Waals surface area (Å²) in [6.45, 7) is 0.248. The molecule has 0 aliphatic heterocycles. The molecule has 0 aliphatic rings. The number of nitrogens with one attached hydrogen (secondary N) is 1. The van der Waals surface area contributed by atoms with E-state index in [9.17, 15) is 13.6 Å². The number of amides is 1. The number of aromatic nitrogens is 3. The molecule has 7 nitrogen and oxygen atoms in total. The lowest BCUT2D eigenvalue weighted by Crippen LogP contribution is -2.23. The van der Waals surface area contributed by atoms with Gasteiger partial charge in [0.1, 0.15) is 23.1 Å². The van der Waals surface area contributed by atoms with Gasteiger partial charge in [0.2, 0.25) is 0 Å². The molecule has 0 atom stereocenters. The van der Waals surface area contributed by atoms with Crippen molar-refractivity contribution in [1.29, 1.82) is 0 Å². The van der Waals surface area contributed by atoms with Crippen molar-refractivity contribution in [3.05, 3.63) is 77.5 Å². The zero-order valence-corrected chi connectivity index (χ0v) is 16.7. The minimum absolute atomic E-state index is 0.244. The molecule has 0 spiro atoms. The third-order valence-electron chi connectivity index (χ3n) is 4.73. The minimum atomic E-state index is -0.711. The van der Waals surface area contributed by atoms with Gasteiger partial charge in [-0.3, -0.25) is 9.20 Å². The lowest BCUT2D eigenvalue weighted by atomic mass is 10.1. The normalized spacial score (nSPS) is 10.8. The third kappa shape index (κ3) is 4.16. The predicted octanol–water partition coefficient (Wildman–Crippen LogP) is 3.62. The van der Waals surface area contributed by atoms with Crippen LogP contribution in [0.15, 0.2) is 54.7 Å². The van der Waals surface area contributed by atoms with Crippen LogP contribution in [0, 0.1) is 11.6 Å². The number of hydrogen-bond donors (Lipinski definition) is 1. The number of hydrogen-bond acceptors (Lipinski definition) is 5. The Morgan fingerprint density at radius 3 is 2.48 bits per heavy atom. The van der Waals surface area contributed by atoms with Gasteiger partial charge in [-0.15, -0.1) is 10.2 Å². The number of methoxy groups -OCH3 is 2. The highest BCUT2D eigenvalue weighted by molar-refractivity contribution is 5.95. The number of carbonyl (C=O) groups excluding carboxylic acids is 1. The molecule has 2 heterocycles. The van der Waals surface area contributed by atoms with Gasteiger partial charge in [-0.25, -0.2) is 8.78 Å². The molecule has 1 N–H and O–H groups in total. The summed E-state index contributed by atoms with van der Waals surface area (Å²) < 4.78 is 39.2. The molecule has 2 aromatic carbocycles. The molecule has 0 bridgehead atoms. The Morgan fingerprint density at radius 1 is 1.00 bits per heavy atom. The Kier molecular flexibility index (Phi) is 5.48. The van der Waals surface area contributed by atoms with Crippen molar-refractivity contribution in [3.8, 4) is 22.9 Å². The summed E-state index contributed by atoms with van der Waals surface area (Å²) in [4.78, 5) is 12.6. The molecule has 158 valence electrons. The quantitative estimate of drug-likeness (QED) is 0.512. The minimum Gasteiger partial charge on any atom is -0.497 e. The number of halogens is 2. The van der Waals surface area contributed by atoms with E-state index in [-0.39, 0.29) is 23.8 Å². The van der Waals surface area contributed by atoms with E-state index < -0.39 is 11.6 Å². The van der Waals surface area contributed by atoms with E-state index in [1.807, 2.05) is 6.07 Å². The summed E-state index contributed by atoms with van der Waals surface area (Å²) in [6.07, 6.45) is 1.58.